The van der Waals surface area contributed by atoms with Gasteiger partial charge in [0, 0.05) is 17.8 Å². The van der Waals surface area contributed by atoms with Gasteiger partial charge in [-0.05, 0) is 25.0 Å². The third kappa shape index (κ3) is 4.91. The molecule has 0 bridgehead atoms. The Balaban J connectivity index is 2.64. The molecule has 2 amide bonds. The Morgan fingerprint density at radius 3 is 2.42 bits per heavy atom. The fourth-order valence-corrected chi connectivity index (χ4v) is 1.38. The first-order chi connectivity index (χ1) is 8.90. The Morgan fingerprint density at radius 2 is 1.84 bits per heavy atom. The van der Waals surface area contributed by atoms with Crippen molar-refractivity contribution in [2.75, 3.05) is 11.9 Å². The van der Waals surface area contributed by atoms with E-state index in [1.807, 2.05) is 13.8 Å². The molecule has 0 saturated carbocycles. The number of hydrogen-bond acceptors (Lipinski definition) is 3. The van der Waals surface area contributed by atoms with Crippen molar-refractivity contribution in [3.63, 3.8) is 0 Å². The summed E-state index contributed by atoms with van der Waals surface area (Å²) in [6, 6.07) is 6.46. The molecule has 0 radical (unpaired) electrons. The molecule has 0 aromatic heterocycles. The van der Waals surface area contributed by atoms with E-state index in [4.69, 9.17) is 0 Å². The van der Waals surface area contributed by atoms with Gasteiger partial charge in [-0.2, -0.15) is 0 Å². The number of anilines is 1. The fourth-order valence-electron chi connectivity index (χ4n) is 1.38. The molecular weight excluding hydrogens is 244 g/mol. The smallest absolute Gasteiger partial charge is 0.313 e. The largest absolute Gasteiger partial charge is 0.348 e. The average Bonchev–Trinajstić information content (AvgIpc) is 2.36. The van der Waals surface area contributed by atoms with Crippen LogP contribution in [0.25, 0.3) is 0 Å². The number of hydrogen-bond donors (Lipinski definition) is 2. The molecule has 0 heterocycles. The zero-order valence-corrected chi connectivity index (χ0v) is 11.3. The van der Waals surface area contributed by atoms with E-state index in [1.54, 1.807) is 18.2 Å². The fraction of sp³-hybridized carbons (Fsp3) is 0.357. The number of rotatable bonds is 4. The van der Waals surface area contributed by atoms with E-state index in [1.165, 1.54) is 13.0 Å². The Kier molecular flexibility index (Phi) is 5.23. The summed E-state index contributed by atoms with van der Waals surface area (Å²) in [5.41, 5.74) is 0.915. The van der Waals surface area contributed by atoms with Gasteiger partial charge in [0.2, 0.25) is 0 Å². The lowest BCUT2D eigenvalue weighted by molar-refractivity contribution is -0.136. The van der Waals surface area contributed by atoms with Crippen LogP contribution in [0.3, 0.4) is 0 Å². The van der Waals surface area contributed by atoms with E-state index in [0.717, 1.165) is 0 Å². The van der Waals surface area contributed by atoms with Crippen LogP contribution in [0.15, 0.2) is 24.3 Å². The second-order valence-electron chi connectivity index (χ2n) is 4.69. The van der Waals surface area contributed by atoms with Crippen molar-refractivity contribution in [2.45, 2.75) is 20.8 Å². The first-order valence-corrected chi connectivity index (χ1v) is 6.10. The Hall–Kier alpha value is -2.17. The van der Waals surface area contributed by atoms with Gasteiger partial charge in [0.25, 0.3) is 0 Å². The molecule has 0 unspecified atom stereocenters. The minimum absolute atomic E-state index is 0.0969. The molecule has 0 saturated heterocycles. The maximum absolute atomic E-state index is 11.6. The van der Waals surface area contributed by atoms with E-state index in [-0.39, 0.29) is 11.7 Å². The van der Waals surface area contributed by atoms with E-state index in [2.05, 4.69) is 10.6 Å². The molecule has 0 atom stereocenters. The average molecular weight is 262 g/mol. The van der Waals surface area contributed by atoms with Crippen LogP contribution in [0.1, 0.15) is 31.1 Å². The Bertz CT molecular complexity index is 495. The predicted molar refractivity (Wildman–Crippen MR) is 72.9 cm³/mol. The molecule has 0 aliphatic carbocycles. The summed E-state index contributed by atoms with van der Waals surface area (Å²) in [7, 11) is 0. The number of carbonyl (C=O) groups is 3. The molecule has 5 heteroatoms. The lowest BCUT2D eigenvalue weighted by atomic mass is 10.1. The summed E-state index contributed by atoms with van der Waals surface area (Å²) in [5.74, 6) is -1.23. The van der Waals surface area contributed by atoms with Crippen molar-refractivity contribution < 1.29 is 14.4 Å². The van der Waals surface area contributed by atoms with E-state index in [0.29, 0.717) is 17.8 Å². The predicted octanol–water partition coefficient (Wildman–Crippen LogP) is 1.60. The van der Waals surface area contributed by atoms with Crippen molar-refractivity contribution >= 4 is 23.3 Å². The van der Waals surface area contributed by atoms with Gasteiger partial charge in [0.1, 0.15) is 0 Å². The van der Waals surface area contributed by atoms with Crippen molar-refractivity contribution in [1.82, 2.24) is 5.32 Å². The summed E-state index contributed by atoms with van der Waals surface area (Å²) in [6.45, 7) is 5.76. The summed E-state index contributed by atoms with van der Waals surface area (Å²) in [4.78, 5) is 34.3. The molecule has 1 rings (SSSR count). The summed E-state index contributed by atoms with van der Waals surface area (Å²) < 4.78 is 0. The van der Waals surface area contributed by atoms with Gasteiger partial charge >= 0.3 is 11.8 Å². The first kappa shape index (κ1) is 14.9. The quantitative estimate of drug-likeness (QED) is 0.639. The van der Waals surface area contributed by atoms with Gasteiger partial charge in [-0.1, -0.05) is 26.0 Å². The molecular formula is C14H18N2O3. The van der Waals surface area contributed by atoms with Crippen LogP contribution < -0.4 is 10.6 Å². The van der Waals surface area contributed by atoms with Crippen molar-refractivity contribution in [3.05, 3.63) is 29.8 Å². The van der Waals surface area contributed by atoms with Crippen LogP contribution in [-0.2, 0) is 9.59 Å². The van der Waals surface area contributed by atoms with Gasteiger partial charge < -0.3 is 10.6 Å². The number of amides is 2. The van der Waals surface area contributed by atoms with Crippen LogP contribution in [0.5, 0.6) is 0 Å². The van der Waals surface area contributed by atoms with Crippen molar-refractivity contribution in [2.24, 2.45) is 5.92 Å². The van der Waals surface area contributed by atoms with E-state index in [9.17, 15) is 14.4 Å². The highest BCUT2D eigenvalue weighted by Gasteiger charge is 2.14. The summed E-state index contributed by atoms with van der Waals surface area (Å²) in [5, 5.41) is 4.98. The molecule has 2 N–H and O–H groups in total. The zero-order valence-electron chi connectivity index (χ0n) is 11.3. The molecule has 1 aromatic rings. The van der Waals surface area contributed by atoms with Crippen LogP contribution in [0.4, 0.5) is 5.69 Å². The van der Waals surface area contributed by atoms with E-state index >= 15 is 0 Å². The molecule has 102 valence electrons. The van der Waals surface area contributed by atoms with Gasteiger partial charge in [-0.15, -0.1) is 0 Å². The molecule has 1 aromatic carbocycles. The highest BCUT2D eigenvalue weighted by atomic mass is 16.2. The SMILES string of the molecule is CC(=O)c1cccc(NC(=O)C(=O)NCC(C)C)c1. The van der Waals surface area contributed by atoms with Gasteiger partial charge in [0.05, 0.1) is 0 Å². The standard InChI is InChI=1S/C14H18N2O3/c1-9(2)8-15-13(18)14(19)16-12-6-4-5-11(7-12)10(3)17/h4-7,9H,8H2,1-3H3,(H,15,18)(H,16,19). The molecule has 0 aliphatic heterocycles. The lowest BCUT2D eigenvalue weighted by Crippen LogP contribution is -2.37. The van der Waals surface area contributed by atoms with Crippen LogP contribution in [-0.4, -0.2) is 24.1 Å². The third-order valence-electron chi connectivity index (χ3n) is 2.40. The van der Waals surface area contributed by atoms with E-state index < -0.39 is 11.8 Å². The third-order valence-corrected chi connectivity index (χ3v) is 2.40. The maximum Gasteiger partial charge on any atom is 0.313 e. The zero-order chi connectivity index (χ0) is 14.4. The highest BCUT2D eigenvalue weighted by molar-refractivity contribution is 6.39. The van der Waals surface area contributed by atoms with Gasteiger partial charge in [-0.3, -0.25) is 14.4 Å². The number of ketones is 1. The second kappa shape index (κ2) is 6.68. The summed E-state index contributed by atoms with van der Waals surface area (Å²) in [6.07, 6.45) is 0. The maximum atomic E-state index is 11.6. The highest BCUT2D eigenvalue weighted by Crippen LogP contribution is 2.10. The summed E-state index contributed by atoms with van der Waals surface area (Å²) >= 11 is 0. The number of Topliss-reactive ketones (excluding diaryl/α,β-unsaturated/α-hetero) is 1. The Morgan fingerprint density at radius 1 is 1.16 bits per heavy atom. The number of benzene rings is 1. The number of nitrogens with one attached hydrogen (secondary N) is 2. The minimum Gasteiger partial charge on any atom is -0.348 e. The monoisotopic (exact) mass is 262 g/mol. The number of carbonyl (C=O) groups excluding carboxylic acids is 3. The molecule has 5 nitrogen and oxygen atoms in total. The van der Waals surface area contributed by atoms with Gasteiger partial charge in [0.15, 0.2) is 5.78 Å². The van der Waals surface area contributed by atoms with Crippen LogP contribution in [0.2, 0.25) is 0 Å². The molecule has 0 fully saturated rings. The molecule has 19 heavy (non-hydrogen) atoms. The molecule has 0 aliphatic rings. The second-order valence-corrected chi connectivity index (χ2v) is 4.69. The van der Waals surface area contributed by atoms with Gasteiger partial charge in [-0.25, -0.2) is 0 Å². The molecule has 0 spiro atoms. The topological polar surface area (TPSA) is 75.3 Å². The van der Waals surface area contributed by atoms with Crippen molar-refractivity contribution in [1.29, 1.82) is 0 Å². The normalized spacial score (nSPS) is 10.1. The van der Waals surface area contributed by atoms with Crippen LogP contribution >= 0.6 is 0 Å². The Labute approximate surface area is 112 Å². The first-order valence-electron chi connectivity index (χ1n) is 6.10. The van der Waals surface area contributed by atoms with Crippen LogP contribution in [0, 0.1) is 5.92 Å². The minimum atomic E-state index is -0.735. The lowest BCUT2D eigenvalue weighted by Gasteiger charge is -2.08. The van der Waals surface area contributed by atoms with Crippen molar-refractivity contribution in [3.8, 4) is 0 Å².